The van der Waals surface area contributed by atoms with E-state index in [-0.39, 0.29) is 18.0 Å². The summed E-state index contributed by atoms with van der Waals surface area (Å²) in [5.74, 6) is 2.22. The van der Waals surface area contributed by atoms with Crippen molar-refractivity contribution < 1.29 is 18.7 Å². The Morgan fingerprint density at radius 2 is 1.57 bits per heavy atom. The summed E-state index contributed by atoms with van der Waals surface area (Å²) in [4.78, 5) is 17.7. The Balaban J connectivity index is 1.18. The van der Waals surface area contributed by atoms with Crippen molar-refractivity contribution in [2.24, 2.45) is 11.8 Å². The van der Waals surface area contributed by atoms with Crippen LogP contribution >= 0.6 is 0 Å². The van der Waals surface area contributed by atoms with Gasteiger partial charge in [-0.3, -0.25) is 4.90 Å². The molecule has 1 spiro atoms. The summed E-state index contributed by atoms with van der Waals surface area (Å²) in [7, 11) is 0. The monoisotopic (exact) mass is 478 g/mol. The molecule has 2 saturated carbocycles. The molecule has 6 heteroatoms. The first-order valence-corrected chi connectivity index (χ1v) is 13.2. The van der Waals surface area contributed by atoms with Gasteiger partial charge in [0, 0.05) is 39.0 Å². The van der Waals surface area contributed by atoms with Crippen LogP contribution in [0, 0.1) is 17.7 Å². The molecule has 2 aliphatic heterocycles. The molecule has 35 heavy (non-hydrogen) atoms. The van der Waals surface area contributed by atoms with Crippen molar-refractivity contribution in [2.45, 2.75) is 63.1 Å². The van der Waals surface area contributed by atoms with Crippen LogP contribution in [-0.4, -0.2) is 53.8 Å². The SMILES string of the molecule is O=C1OC2(CCN(CC3CC3)CC2)C(Cc2ccc(F)cc2)N1Cc1ccc(OCC2CC2)cc1. The number of piperidine rings is 1. The maximum absolute atomic E-state index is 13.6. The normalized spacial score (nSPS) is 24.1. The summed E-state index contributed by atoms with van der Waals surface area (Å²) in [5.41, 5.74) is 1.61. The van der Waals surface area contributed by atoms with Gasteiger partial charge in [0.1, 0.15) is 17.2 Å². The van der Waals surface area contributed by atoms with Crippen molar-refractivity contribution in [3.05, 3.63) is 65.5 Å². The molecule has 2 aliphatic carbocycles. The zero-order valence-electron chi connectivity index (χ0n) is 20.3. The van der Waals surface area contributed by atoms with Gasteiger partial charge in [0.2, 0.25) is 0 Å². The van der Waals surface area contributed by atoms with E-state index in [4.69, 9.17) is 9.47 Å². The van der Waals surface area contributed by atoms with E-state index in [1.165, 1.54) is 44.4 Å². The molecule has 2 aromatic rings. The van der Waals surface area contributed by atoms with Gasteiger partial charge >= 0.3 is 6.09 Å². The van der Waals surface area contributed by atoms with Crippen LogP contribution in [0.2, 0.25) is 0 Å². The third-order valence-electron chi connectivity index (χ3n) is 8.23. The Bertz CT molecular complexity index is 1020. The fourth-order valence-electron chi connectivity index (χ4n) is 5.63. The second-order valence-corrected chi connectivity index (χ2v) is 11.0. The quantitative estimate of drug-likeness (QED) is 0.483. The van der Waals surface area contributed by atoms with Gasteiger partial charge < -0.3 is 14.4 Å². The number of halogens is 1. The second kappa shape index (κ2) is 9.45. The number of rotatable bonds is 9. The van der Waals surface area contributed by atoms with Crippen molar-refractivity contribution in [3.8, 4) is 5.75 Å². The van der Waals surface area contributed by atoms with Crippen LogP contribution in [0.1, 0.15) is 49.7 Å². The molecule has 0 bridgehead atoms. The van der Waals surface area contributed by atoms with Crippen molar-refractivity contribution in [2.75, 3.05) is 26.2 Å². The van der Waals surface area contributed by atoms with E-state index in [9.17, 15) is 9.18 Å². The van der Waals surface area contributed by atoms with Gasteiger partial charge in [-0.25, -0.2) is 9.18 Å². The van der Waals surface area contributed by atoms with Crippen molar-refractivity contribution >= 4 is 6.09 Å². The van der Waals surface area contributed by atoms with Crippen molar-refractivity contribution in [1.29, 1.82) is 0 Å². The molecule has 4 fully saturated rings. The highest BCUT2D eigenvalue weighted by Crippen LogP contribution is 2.42. The molecule has 5 nitrogen and oxygen atoms in total. The van der Waals surface area contributed by atoms with Crippen LogP contribution < -0.4 is 4.74 Å². The first-order chi connectivity index (χ1) is 17.1. The second-order valence-electron chi connectivity index (χ2n) is 11.0. The fraction of sp³-hybridized carbons (Fsp3) is 0.552. The van der Waals surface area contributed by atoms with Crippen LogP contribution in [0.15, 0.2) is 48.5 Å². The largest absolute Gasteiger partial charge is 0.493 e. The van der Waals surface area contributed by atoms with Crippen molar-refractivity contribution in [1.82, 2.24) is 9.80 Å². The molecule has 0 aromatic heterocycles. The number of likely N-dealkylation sites (tertiary alicyclic amines) is 1. The fourth-order valence-corrected chi connectivity index (χ4v) is 5.63. The maximum atomic E-state index is 13.6. The summed E-state index contributed by atoms with van der Waals surface area (Å²) < 4.78 is 25.6. The van der Waals surface area contributed by atoms with Crippen molar-refractivity contribution in [3.63, 3.8) is 0 Å². The maximum Gasteiger partial charge on any atom is 0.411 e. The lowest BCUT2D eigenvalue weighted by molar-refractivity contribution is -0.0225. The highest BCUT2D eigenvalue weighted by molar-refractivity contribution is 5.72. The molecule has 0 N–H and O–H groups in total. The van der Waals surface area contributed by atoms with E-state index in [1.807, 2.05) is 41.3 Å². The van der Waals surface area contributed by atoms with E-state index in [2.05, 4.69) is 4.90 Å². The standard InChI is InChI=1S/C29H35FN2O3/c30-25-9-5-21(6-10-25)17-27-29(13-15-31(16-14-29)18-22-1-2-22)35-28(33)32(27)19-23-7-11-26(12-8-23)34-20-24-3-4-24/h5-12,22,24,27H,1-4,13-20H2. The third kappa shape index (κ3) is 5.32. The smallest absolute Gasteiger partial charge is 0.411 e. The Morgan fingerprint density at radius 1 is 0.914 bits per heavy atom. The minimum atomic E-state index is -0.487. The molecule has 0 radical (unpaired) electrons. The number of benzene rings is 2. The number of ether oxygens (including phenoxy) is 2. The lowest BCUT2D eigenvalue weighted by Gasteiger charge is -2.42. The summed E-state index contributed by atoms with van der Waals surface area (Å²) in [6.45, 7) is 4.39. The van der Waals surface area contributed by atoms with Crippen LogP contribution in [0.5, 0.6) is 5.75 Å². The molecule has 6 rings (SSSR count). The number of hydrogen-bond acceptors (Lipinski definition) is 4. The average Bonchev–Trinajstić information content (AvgIpc) is 3.79. The Hall–Kier alpha value is -2.60. The van der Waals surface area contributed by atoms with Gasteiger partial charge in [0.05, 0.1) is 12.6 Å². The molecular formula is C29H35FN2O3. The molecule has 2 heterocycles. The van der Waals surface area contributed by atoms with Crippen LogP contribution in [0.3, 0.4) is 0 Å². The zero-order chi connectivity index (χ0) is 23.8. The molecule has 2 saturated heterocycles. The van der Waals surface area contributed by atoms with E-state index in [0.29, 0.717) is 18.9 Å². The van der Waals surface area contributed by atoms with Crippen LogP contribution in [0.25, 0.3) is 0 Å². The van der Waals surface area contributed by atoms with Gasteiger partial charge in [-0.15, -0.1) is 0 Å². The predicted molar refractivity (Wildman–Crippen MR) is 132 cm³/mol. The molecule has 1 amide bonds. The summed E-state index contributed by atoms with van der Waals surface area (Å²) in [6.07, 6.45) is 7.36. The van der Waals surface area contributed by atoms with Gasteiger partial charge in [-0.1, -0.05) is 24.3 Å². The lowest BCUT2D eigenvalue weighted by Crippen LogP contribution is -2.53. The Kier molecular flexibility index (Phi) is 6.17. The number of nitrogens with zero attached hydrogens (tertiary/aromatic N) is 2. The van der Waals surface area contributed by atoms with Crippen LogP contribution in [0.4, 0.5) is 9.18 Å². The van der Waals surface area contributed by atoms with Gasteiger partial charge in [0.25, 0.3) is 0 Å². The molecule has 1 atom stereocenters. The summed E-state index contributed by atoms with van der Waals surface area (Å²) in [5, 5.41) is 0. The van der Waals surface area contributed by atoms with Gasteiger partial charge in [0.15, 0.2) is 0 Å². The molecule has 186 valence electrons. The number of amides is 1. The topological polar surface area (TPSA) is 42.0 Å². The van der Waals surface area contributed by atoms with E-state index >= 15 is 0 Å². The minimum absolute atomic E-state index is 0.0747. The third-order valence-corrected chi connectivity index (χ3v) is 8.23. The summed E-state index contributed by atoms with van der Waals surface area (Å²) >= 11 is 0. The first kappa shape index (κ1) is 22.8. The van der Waals surface area contributed by atoms with Gasteiger partial charge in [-0.05, 0) is 79.3 Å². The van der Waals surface area contributed by atoms with Crippen LogP contribution in [-0.2, 0) is 17.7 Å². The zero-order valence-corrected chi connectivity index (χ0v) is 20.3. The number of hydrogen-bond donors (Lipinski definition) is 0. The molecule has 4 aliphatic rings. The van der Waals surface area contributed by atoms with Gasteiger partial charge in [-0.2, -0.15) is 0 Å². The Morgan fingerprint density at radius 3 is 2.23 bits per heavy atom. The lowest BCUT2D eigenvalue weighted by atomic mass is 9.81. The van der Waals surface area contributed by atoms with E-state index in [1.54, 1.807) is 0 Å². The highest BCUT2D eigenvalue weighted by atomic mass is 19.1. The molecule has 1 unspecified atom stereocenters. The van der Waals surface area contributed by atoms with E-state index in [0.717, 1.165) is 55.3 Å². The number of carbonyl (C=O) groups excluding carboxylic acids is 1. The molecule has 2 aromatic carbocycles. The average molecular weight is 479 g/mol. The first-order valence-electron chi connectivity index (χ1n) is 13.2. The van der Waals surface area contributed by atoms with E-state index < -0.39 is 5.60 Å². The molecular weight excluding hydrogens is 443 g/mol. The minimum Gasteiger partial charge on any atom is -0.493 e. The summed E-state index contributed by atoms with van der Waals surface area (Å²) in [6, 6.07) is 14.7. The number of carbonyl (C=O) groups is 1. The predicted octanol–water partition coefficient (Wildman–Crippen LogP) is 5.42. The Labute approximate surface area is 207 Å². The highest BCUT2D eigenvalue weighted by Gasteiger charge is 2.54.